The Morgan fingerprint density at radius 1 is 1.33 bits per heavy atom. The van der Waals surface area contributed by atoms with Crippen LogP contribution in [0.25, 0.3) is 15.9 Å². The van der Waals surface area contributed by atoms with E-state index in [0.29, 0.717) is 0 Å². The SMILES string of the molecule is CC(C)(N)c1cn(-c2ccc3ncsc3c2)nn1. The zero-order valence-electron chi connectivity index (χ0n) is 10.2. The lowest BCUT2D eigenvalue weighted by Gasteiger charge is -2.13. The minimum absolute atomic E-state index is 0.479. The van der Waals surface area contributed by atoms with Crippen molar-refractivity contribution in [3.63, 3.8) is 0 Å². The highest BCUT2D eigenvalue weighted by atomic mass is 32.1. The van der Waals surface area contributed by atoms with Crippen molar-refractivity contribution in [3.05, 3.63) is 35.6 Å². The van der Waals surface area contributed by atoms with Crippen LogP contribution >= 0.6 is 11.3 Å². The first-order chi connectivity index (χ1) is 8.54. The van der Waals surface area contributed by atoms with Gasteiger partial charge in [-0.15, -0.1) is 16.4 Å². The van der Waals surface area contributed by atoms with Crippen molar-refractivity contribution in [2.75, 3.05) is 0 Å². The van der Waals surface area contributed by atoms with Gasteiger partial charge in [0.05, 0.1) is 33.2 Å². The Kier molecular flexibility index (Phi) is 2.42. The zero-order valence-corrected chi connectivity index (χ0v) is 11.0. The second-order valence-electron chi connectivity index (χ2n) is 4.77. The lowest BCUT2D eigenvalue weighted by molar-refractivity contribution is 0.533. The van der Waals surface area contributed by atoms with Crippen LogP contribution in [-0.4, -0.2) is 20.0 Å². The number of thiazole rings is 1. The molecule has 92 valence electrons. The van der Waals surface area contributed by atoms with Gasteiger partial charge in [-0.25, -0.2) is 9.67 Å². The van der Waals surface area contributed by atoms with Crippen LogP contribution in [0.15, 0.2) is 29.9 Å². The number of nitrogens with two attached hydrogens (primary N) is 1. The maximum Gasteiger partial charge on any atom is 0.102 e. The average Bonchev–Trinajstić information content (AvgIpc) is 2.96. The van der Waals surface area contributed by atoms with Crippen molar-refractivity contribution in [1.29, 1.82) is 0 Å². The van der Waals surface area contributed by atoms with Gasteiger partial charge in [-0.05, 0) is 32.0 Å². The smallest absolute Gasteiger partial charge is 0.102 e. The maximum atomic E-state index is 6.00. The third-order valence-corrected chi connectivity index (χ3v) is 3.52. The molecule has 0 spiro atoms. The van der Waals surface area contributed by atoms with Crippen molar-refractivity contribution in [2.24, 2.45) is 5.73 Å². The van der Waals surface area contributed by atoms with Crippen LogP contribution in [0, 0.1) is 0 Å². The Labute approximate surface area is 108 Å². The molecule has 0 saturated carbocycles. The first-order valence-electron chi connectivity index (χ1n) is 5.59. The number of nitrogens with zero attached hydrogens (tertiary/aromatic N) is 4. The molecule has 3 rings (SSSR count). The van der Waals surface area contributed by atoms with E-state index in [1.165, 1.54) is 0 Å². The van der Waals surface area contributed by atoms with Crippen molar-refractivity contribution in [2.45, 2.75) is 19.4 Å². The lowest BCUT2D eigenvalue weighted by atomic mass is 10.0. The van der Waals surface area contributed by atoms with Crippen molar-refractivity contribution < 1.29 is 0 Å². The summed E-state index contributed by atoms with van der Waals surface area (Å²) in [5, 5.41) is 8.22. The minimum atomic E-state index is -0.479. The van der Waals surface area contributed by atoms with E-state index in [0.717, 1.165) is 21.6 Å². The summed E-state index contributed by atoms with van der Waals surface area (Å²) in [5.74, 6) is 0. The highest BCUT2D eigenvalue weighted by Crippen LogP contribution is 2.21. The molecule has 0 aliphatic carbocycles. The number of hydrogen-bond acceptors (Lipinski definition) is 5. The van der Waals surface area contributed by atoms with Gasteiger partial charge in [-0.1, -0.05) is 5.21 Å². The molecule has 0 aliphatic heterocycles. The van der Waals surface area contributed by atoms with Gasteiger partial charge in [-0.2, -0.15) is 0 Å². The average molecular weight is 259 g/mol. The first kappa shape index (κ1) is 11.3. The van der Waals surface area contributed by atoms with E-state index in [9.17, 15) is 0 Å². The Hall–Kier alpha value is -1.79. The topological polar surface area (TPSA) is 69.6 Å². The van der Waals surface area contributed by atoms with Gasteiger partial charge in [0.25, 0.3) is 0 Å². The summed E-state index contributed by atoms with van der Waals surface area (Å²) in [5.41, 5.74) is 10.1. The molecule has 2 heterocycles. The molecule has 0 fully saturated rings. The summed E-state index contributed by atoms with van der Waals surface area (Å²) in [6, 6.07) is 6.01. The molecule has 1 aromatic carbocycles. The van der Waals surface area contributed by atoms with E-state index in [2.05, 4.69) is 21.4 Å². The van der Waals surface area contributed by atoms with E-state index in [-0.39, 0.29) is 0 Å². The molecular formula is C12H13N5S. The van der Waals surface area contributed by atoms with E-state index < -0.39 is 5.54 Å². The molecule has 0 unspecified atom stereocenters. The number of fused-ring (bicyclic) bond motifs is 1. The third kappa shape index (κ3) is 1.89. The Morgan fingerprint density at radius 3 is 2.89 bits per heavy atom. The Balaban J connectivity index is 2.06. The molecule has 0 saturated heterocycles. The summed E-state index contributed by atoms with van der Waals surface area (Å²) >= 11 is 1.61. The summed E-state index contributed by atoms with van der Waals surface area (Å²) in [4.78, 5) is 4.25. The van der Waals surface area contributed by atoms with Gasteiger partial charge in [-0.3, -0.25) is 0 Å². The molecule has 2 N–H and O–H groups in total. The van der Waals surface area contributed by atoms with Gasteiger partial charge in [0.2, 0.25) is 0 Å². The summed E-state index contributed by atoms with van der Waals surface area (Å²) in [7, 11) is 0. The quantitative estimate of drug-likeness (QED) is 0.765. The minimum Gasteiger partial charge on any atom is -0.320 e. The Morgan fingerprint density at radius 2 is 2.17 bits per heavy atom. The second kappa shape index (κ2) is 3.86. The van der Waals surface area contributed by atoms with Crippen LogP contribution in [0.3, 0.4) is 0 Å². The molecular weight excluding hydrogens is 246 g/mol. The molecule has 0 radical (unpaired) electrons. The molecule has 6 heteroatoms. The van der Waals surface area contributed by atoms with Crippen LogP contribution in [0.2, 0.25) is 0 Å². The fourth-order valence-corrected chi connectivity index (χ4v) is 2.38. The summed E-state index contributed by atoms with van der Waals surface area (Å²) in [6.07, 6.45) is 1.86. The number of hydrogen-bond donors (Lipinski definition) is 1. The normalized spacial score (nSPS) is 12.2. The number of aromatic nitrogens is 4. The fourth-order valence-electron chi connectivity index (χ4n) is 1.67. The summed E-state index contributed by atoms with van der Waals surface area (Å²) in [6.45, 7) is 3.82. The largest absolute Gasteiger partial charge is 0.320 e. The number of benzene rings is 1. The first-order valence-corrected chi connectivity index (χ1v) is 6.47. The molecule has 0 aliphatic rings. The van der Waals surface area contributed by atoms with Crippen LogP contribution < -0.4 is 5.73 Å². The standard InChI is InChI=1S/C12H13N5S/c1-12(2,13)11-6-17(16-15-11)8-3-4-9-10(5-8)18-7-14-9/h3-7H,13H2,1-2H3. The van der Waals surface area contributed by atoms with Gasteiger partial charge < -0.3 is 5.73 Å². The van der Waals surface area contributed by atoms with Gasteiger partial charge in [0.15, 0.2) is 0 Å². The number of rotatable bonds is 2. The molecule has 3 aromatic rings. The summed E-state index contributed by atoms with van der Waals surface area (Å²) < 4.78 is 2.87. The Bertz CT molecular complexity index is 692. The molecule has 5 nitrogen and oxygen atoms in total. The van der Waals surface area contributed by atoms with Gasteiger partial charge in [0.1, 0.15) is 5.69 Å². The lowest BCUT2D eigenvalue weighted by Crippen LogP contribution is -2.29. The van der Waals surface area contributed by atoms with Crippen LogP contribution in [0.5, 0.6) is 0 Å². The monoisotopic (exact) mass is 259 g/mol. The second-order valence-corrected chi connectivity index (χ2v) is 5.66. The van der Waals surface area contributed by atoms with Gasteiger partial charge >= 0.3 is 0 Å². The highest BCUT2D eigenvalue weighted by Gasteiger charge is 2.18. The van der Waals surface area contributed by atoms with E-state index >= 15 is 0 Å². The van der Waals surface area contributed by atoms with Crippen molar-refractivity contribution in [3.8, 4) is 5.69 Å². The van der Waals surface area contributed by atoms with Crippen molar-refractivity contribution in [1.82, 2.24) is 20.0 Å². The molecule has 2 aromatic heterocycles. The molecule has 0 atom stereocenters. The van der Waals surface area contributed by atoms with Gasteiger partial charge in [0, 0.05) is 0 Å². The van der Waals surface area contributed by atoms with Crippen LogP contribution in [-0.2, 0) is 5.54 Å². The molecule has 0 amide bonds. The highest BCUT2D eigenvalue weighted by molar-refractivity contribution is 7.16. The van der Waals surface area contributed by atoms with Crippen LogP contribution in [0.1, 0.15) is 19.5 Å². The van der Waals surface area contributed by atoms with E-state index in [4.69, 9.17) is 5.73 Å². The predicted octanol–water partition coefficient (Wildman–Crippen LogP) is 2.07. The molecule has 0 bridgehead atoms. The van der Waals surface area contributed by atoms with E-state index in [1.807, 2.05) is 37.7 Å². The van der Waals surface area contributed by atoms with Crippen LogP contribution in [0.4, 0.5) is 0 Å². The fraction of sp³-hybridized carbons (Fsp3) is 0.250. The maximum absolute atomic E-state index is 6.00. The van der Waals surface area contributed by atoms with Crippen molar-refractivity contribution >= 4 is 21.6 Å². The zero-order chi connectivity index (χ0) is 12.8. The molecule has 18 heavy (non-hydrogen) atoms. The predicted molar refractivity (Wildman–Crippen MR) is 71.8 cm³/mol. The third-order valence-electron chi connectivity index (χ3n) is 2.73. The van der Waals surface area contributed by atoms with E-state index in [1.54, 1.807) is 16.0 Å².